The molecule has 0 amide bonds. The molecule has 0 unspecified atom stereocenters. The van der Waals surface area contributed by atoms with Crippen LogP contribution in [-0.2, 0) is 12.8 Å². The Balaban J connectivity index is 2.28. The number of phenolic OH excluding ortho intramolecular Hbond substituents is 1. The molecule has 2 heteroatoms. The van der Waals surface area contributed by atoms with Gasteiger partial charge in [0.05, 0.1) is 0 Å². The average Bonchev–Trinajstić information content (AvgIpc) is 2.80. The van der Waals surface area contributed by atoms with Gasteiger partial charge in [0.1, 0.15) is 17.3 Å². The molecule has 0 spiro atoms. The van der Waals surface area contributed by atoms with Gasteiger partial charge in [0.25, 0.3) is 0 Å². The van der Waals surface area contributed by atoms with Gasteiger partial charge in [-0.2, -0.15) is 0 Å². The maximum absolute atomic E-state index is 9.30. The highest BCUT2D eigenvalue weighted by atomic mass is 16.3. The quantitative estimate of drug-likeness (QED) is 0.836. The molecule has 0 aliphatic carbocycles. The number of furan rings is 1. The third-order valence-electron chi connectivity index (χ3n) is 3.19. The zero-order valence-electron chi connectivity index (χ0n) is 11.1. The predicted molar refractivity (Wildman–Crippen MR) is 73.8 cm³/mol. The second-order valence-electron chi connectivity index (χ2n) is 4.56. The van der Waals surface area contributed by atoms with Crippen molar-refractivity contribution in [3.8, 4) is 17.1 Å². The molecule has 2 rings (SSSR count). The largest absolute Gasteiger partial charge is 0.508 e. The summed E-state index contributed by atoms with van der Waals surface area (Å²) in [4.78, 5) is 0. The zero-order chi connectivity index (χ0) is 13.0. The van der Waals surface area contributed by atoms with Crippen molar-refractivity contribution in [3.05, 3.63) is 41.7 Å². The number of aryl methyl sites for hydroxylation is 2. The van der Waals surface area contributed by atoms with Gasteiger partial charge in [-0.1, -0.05) is 20.3 Å². The van der Waals surface area contributed by atoms with E-state index < -0.39 is 0 Å². The third-order valence-corrected chi connectivity index (χ3v) is 3.19. The number of benzene rings is 1. The fourth-order valence-corrected chi connectivity index (χ4v) is 2.08. The Labute approximate surface area is 108 Å². The lowest BCUT2D eigenvalue weighted by Gasteiger charge is -1.99. The lowest BCUT2D eigenvalue weighted by Crippen LogP contribution is -1.86. The molecule has 96 valence electrons. The Morgan fingerprint density at radius 1 is 1.11 bits per heavy atom. The van der Waals surface area contributed by atoms with Gasteiger partial charge in [-0.25, -0.2) is 0 Å². The highest BCUT2D eigenvalue weighted by Crippen LogP contribution is 2.28. The van der Waals surface area contributed by atoms with Crippen LogP contribution in [0, 0.1) is 0 Å². The molecule has 1 heterocycles. The molecular formula is C16H20O2. The summed E-state index contributed by atoms with van der Waals surface area (Å²) in [6.07, 6.45) is 4.35. The molecule has 2 aromatic rings. The number of hydrogen-bond donors (Lipinski definition) is 1. The van der Waals surface area contributed by atoms with Crippen molar-refractivity contribution in [2.45, 2.75) is 39.5 Å². The summed E-state index contributed by atoms with van der Waals surface area (Å²) < 4.78 is 5.95. The number of rotatable bonds is 5. The van der Waals surface area contributed by atoms with Crippen molar-refractivity contribution in [1.29, 1.82) is 0 Å². The van der Waals surface area contributed by atoms with Gasteiger partial charge in [-0.3, -0.25) is 0 Å². The lowest BCUT2D eigenvalue weighted by molar-refractivity contribution is 0.475. The molecule has 18 heavy (non-hydrogen) atoms. The third kappa shape index (κ3) is 2.76. The van der Waals surface area contributed by atoms with Gasteiger partial charge < -0.3 is 9.52 Å². The summed E-state index contributed by atoms with van der Waals surface area (Å²) in [6.45, 7) is 4.34. The highest BCUT2D eigenvalue weighted by Gasteiger charge is 2.10. The van der Waals surface area contributed by atoms with Crippen molar-refractivity contribution in [2.24, 2.45) is 0 Å². The van der Waals surface area contributed by atoms with Crippen molar-refractivity contribution in [3.63, 3.8) is 0 Å². The van der Waals surface area contributed by atoms with Crippen LogP contribution in [0.25, 0.3) is 11.3 Å². The lowest BCUT2D eigenvalue weighted by atomic mass is 10.1. The summed E-state index contributed by atoms with van der Waals surface area (Å²) in [7, 11) is 0. The number of aromatic hydroxyl groups is 1. The maximum atomic E-state index is 9.30. The van der Waals surface area contributed by atoms with Crippen LogP contribution in [0.1, 0.15) is 38.0 Å². The number of phenols is 1. The first-order valence-electron chi connectivity index (χ1n) is 6.65. The van der Waals surface area contributed by atoms with Gasteiger partial charge in [0.2, 0.25) is 0 Å². The van der Waals surface area contributed by atoms with E-state index in [0.717, 1.165) is 36.3 Å². The van der Waals surface area contributed by atoms with E-state index in [4.69, 9.17) is 4.42 Å². The van der Waals surface area contributed by atoms with Crippen LogP contribution < -0.4 is 0 Å². The topological polar surface area (TPSA) is 33.4 Å². The molecule has 1 N–H and O–H groups in total. The van der Waals surface area contributed by atoms with Crippen molar-refractivity contribution < 1.29 is 9.52 Å². The minimum Gasteiger partial charge on any atom is -0.508 e. The minimum atomic E-state index is 0.284. The molecule has 0 atom stereocenters. The smallest absolute Gasteiger partial charge is 0.134 e. The molecule has 1 aromatic carbocycles. The Morgan fingerprint density at radius 2 is 1.83 bits per heavy atom. The van der Waals surface area contributed by atoms with E-state index in [1.54, 1.807) is 12.1 Å². The normalized spacial score (nSPS) is 10.8. The molecule has 0 aliphatic rings. The minimum absolute atomic E-state index is 0.284. The Bertz CT molecular complexity index is 494. The SMILES string of the molecule is CCCCc1oc(-c2ccc(O)cc2)cc1CC. The molecule has 0 saturated carbocycles. The van der Waals surface area contributed by atoms with Crippen LogP contribution in [0.15, 0.2) is 34.7 Å². The predicted octanol–water partition coefficient (Wildman–Crippen LogP) is 4.56. The Kier molecular flexibility index (Phi) is 4.08. The van der Waals surface area contributed by atoms with Crippen LogP contribution >= 0.6 is 0 Å². The van der Waals surface area contributed by atoms with Gasteiger partial charge in [0.15, 0.2) is 0 Å². The zero-order valence-corrected chi connectivity index (χ0v) is 11.1. The van der Waals surface area contributed by atoms with Crippen LogP contribution in [0.4, 0.5) is 0 Å². The van der Waals surface area contributed by atoms with Crippen molar-refractivity contribution in [1.82, 2.24) is 0 Å². The van der Waals surface area contributed by atoms with Crippen LogP contribution in [0.5, 0.6) is 5.75 Å². The van der Waals surface area contributed by atoms with Gasteiger partial charge in [-0.15, -0.1) is 0 Å². The fraction of sp³-hybridized carbons (Fsp3) is 0.375. The second kappa shape index (κ2) is 5.76. The molecule has 1 aromatic heterocycles. The van der Waals surface area contributed by atoms with E-state index in [9.17, 15) is 5.11 Å². The van der Waals surface area contributed by atoms with Gasteiger partial charge >= 0.3 is 0 Å². The first-order chi connectivity index (χ1) is 8.74. The van der Waals surface area contributed by atoms with Crippen molar-refractivity contribution in [2.75, 3.05) is 0 Å². The highest BCUT2D eigenvalue weighted by molar-refractivity contribution is 5.60. The first-order valence-corrected chi connectivity index (χ1v) is 6.65. The molecular weight excluding hydrogens is 224 g/mol. The first kappa shape index (κ1) is 12.7. The molecule has 0 fully saturated rings. The monoisotopic (exact) mass is 244 g/mol. The molecule has 0 saturated heterocycles. The van der Waals surface area contributed by atoms with E-state index in [2.05, 4.69) is 19.9 Å². The molecule has 0 aliphatic heterocycles. The standard InChI is InChI=1S/C16H20O2/c1-3-5-6-15-12(4-2)11-16(18-15)13-7-9-14(17)10-8-13/h7-11,17H,3-6H2,1-2H3. The van der Waals surface area contributed by atoms with E-state index in [1.807, 2.05) is 12.1 Å². The van der Waals surface area contributed by atoms with Gasteiger partial charge in [0, 0.05) is 12.0 Å². The van der Waals surface area contributed by atoms with Gasteiger partial charge in [-0.05, 0) is 48.7 Å². The van der Waals surface area contributed by atoms with Crippen molar-refractivity contribution >= 4 is 0 Å². The van der Waals surface area contributed by atoms with E-state index >= 15 is 0 Å². The van der Waals surface area contributed by atoms with Crippen LogP contribution in [-0.4, -0.2) is 5.11 Å². The summed E-state index contributed by atoms with van der Waals surface area (Å²) in [6, 6.07) is 9.27. The van der Waals surface area contributed by atoms with E-state index in [-0.39, 0.29) is 5.75 Å². The average molecular weight is 244 g/mol. The molecule has 2 nitrogen and oxygen atoms in total. The summed E-state index contributed by atoms with van der Waals surface area (Å²) in [5.41, 5.74) is 2.32. The Hall–Kier alpha value is -1.70. The maximum Gasteiger partial charge on any atom is 0.134 e. The number of unbranched alkanes of at least 4 members (excludes halogenated alkanes) is 1. The summed E-state index contributed by atoms with van der Waals surface area (Å²) in [5.74, 6) is 2.30. The van der Waals surface area contributed by atoms with Crippen LogP contribution in [0.3, 0.4) is 0 Å². The van der Waals surface area contributed by atoms with Crippen LogP contribution in [0.2, 0.25) is 0 Å². The number of hydrogen-bond acceptors (Lipinski definition) is 2. The molecule has 0 bridgehead atoms. The summed E-state index contributed by atoms with van der Waals surface area (Å²) >= 11 is 0. The Morgan fingerprint density at radius 3 is 2.44 bits per heavy atom. The van der Waals surface area contributed by atoms with E-state index in [0.29, 0.717) is 0 Å². The second-order valence-corrected chi connectivity index (χ2v) is 4.56. The fourth-order valence-electron chi connectivity index (χ4n) is 2.08. The molecule has 0 radical (unpaired) electrons. The summed E-state index contributed by atoms with van der Waals surface area (Å²) in [5, 5.41) is 9.30. The van der Waals surface area contributed by atoms with E-state index in [1.165, 1.54) is 12.0 Å².